The van der Waals surface area contributed by atoms with E-state index in [-0.39, 0.29) is 17.5 Å². The van der Waals surface area contributed by atoms with Crippen molar-refractivity contribution in [3.8, 4) is 0 Å². The molecule has 1 aliphatic carbocycles. The normalized spacial score (nSPS) is 22.9. The fraction of sp³-hybridized carbons (Fsp3) is 0.632. The minimum atomic E-state index is -0.349. The Morgan fingerprint density at radius 1 is 1.18 bits per heavy atom. The quantitative estimate of drug-likeness (QED) is 0.871. The monoisotopic (exact) mass is 302 g/mol. The van der Waals surface area contributed by atoms with Gasteiger partial charge < -0.3 is 10.1 Å². The first kappa shape index (κ1) is 15.5. The number of nitrogens with two attached hydrogens (primary N) is 1. The lowest BCUT2D eigenvalue weighted by molar-refractivity contribution is -0.665. The zero-order chi connectivity index (χ0) is 15.6. The number of esters is 1. The minimum absolute atomic E-state index is 0.0216. The highest BCUT2D eigenvalue weighted by molar-refractivity contribution is 5.79. The van der Waals surface area contributed by atoms with E-state index in [1.165, 1.54) is 11.1 Å². The highest BCUT2D eigenvalue weighted by Crippen LogP contribution is 2.35. The summed E-state index contributed by atoms with van der Waals surface area (Å²) in [7, 11) is 0. The van der Waals surface area contributed by atoms with E-state index in [0.29, 0.717) is 5.92 Å². The molecule has 120 valence electrons. The lowest BCUT2D eigenvalue weighted by atomic mass is 9.81. The van der Waals surface area contributed by atoms with Crippen molar-refractivity contribution in [2.45, 2.75) is 57.5 Å². The van der Waals surface area contributed by atoms with Crippen LogP contribution in [0.15, 0.2) is 24.3 Å². The van der Waals surface area contributed by atoms with Gasteiger partial charge in [-0.05, 0) is 44.2 Å². The van der Waals surface area contributed by atoms with E-state index < -0.39 is 0 Å². The summed E-state index contributed by atoms with van der Waals surface area (Å²) in [6.07, 6.45) is 5.37. The topological polar surface area (TPSA) is 42.9 Å². The summed E-state index contributed by atoms with van der Waals surface area (Å²) in [4.78, 5) is 12.8. The van der Waals surface area contributed by atoms with Crippen molar-refractivity contribution in [3.05, 3.63) is 35.4 Å². The van der Waals surface area contributed by atoms with Gasteiger partial charge in [-0.15, -0.1) is 0 Å². The van der Waals surface area contributed by atoms with Gasteiger partial charge in [0.05, 0.1) is 19.0 Å². The molecule has 1 unspecified atom stereocenters. The van der Waals surface area contributed by atoms with E-state index in [0.717, 1.165) is 45.2 Å². The van der Waals surface area contributed by atoms with Crippen LogP contribution in [-0.2, 0) is 16.0 Å². The Balaban J connectivity index is 1.72. The first-order valence-corrected chi connectivity index (χ1v) is 8.70. The molecule has 0 spiro atoms. The van der Waals surface area contributed by atoms with Crippen molar-refractivity contribution in [1.82, 2.24) is 0 Å². The third kappa shape index (κ3) is 3.19. The van der Waals surface area contributed by atoms with Crippen molar-refractivity contribution in [1.29, 1.82) is 0 Å². The van der Waals surface area contributed by atoms with Crippen LogP contribution in [0.4, 0.5) is 0 Å². The second kappa shape index (κ2) is 6.41. The fourth-order valence-electron chi connectivity index (χ4n) is 4.03. The number of hydrogen-bond acceptors (Lipinski definition) is 2. The minimum Gasteiger partial charge on any atom is -0.459 e. The highest BCUT2D eigenvalue weighted by Gasteiger charge is 2.38. The van der Waals surface area contributed by atoms with Gasteiger partial charge >= 0.3 is 5.97 Å². The van der Waals surface area contributed by atoms with Crippen LogP contribution < -0.4 is 5.32 Å². The lowest BCUT2D eigenvalue weighted by Gasteiger charge is -2.37. The molecule has 0 amide bonds. The molecule has 1 atom stereocenters. The van der Waals surface area contributed by atoms with Crippen LogP contribution in [0.1, 0.15) is 56.6 Å². The Kier molecular flexibility index (Phi) is 4.53. The molecule has 3 heteroatoms. The van der Waals surface area contributed by atoms with Crippen LogP contribution in [-0.4, -0.2) is 24.7 Å². The molecule has 2 aliphatic rings. The van der Waals surface area contributed by atoms with Gasteiger partial charge in [0.1, 0.15) is 5.60 Å². The maximum absolute atomic E-state index is 12.8. The number of rotatable bonds is 3. The largest absolute Gasteiger partial charge is 0.459 e. The average molecular weight is 302 g/mol. The second-order valence-corrected chi connectivity index (χ2v) is 7.31. The summed E-state index contributed by atoms with van der Waals surface area (Å²) >= 11 is 0. The Morgan fingerprint density at radius 3 is 2.68 bits per heavy atom. The molecule has 0 aromatic heterocycles. The zero-order valence-corrected chi connectivity index (χ0v) is 13.8. The van der Waals surface area contributed by atoms with Gasteiger partial charge in [0.2, 0.25) is 0 Å². The van der Waals surface area contributed by atoms with Crippen LogP contribution in [0.2, 0.25) is 0 Å². The number of ether oxygens (including phenoxy) is 1. The molecule has 0 bridgehead atoms. The van der Waals surface area contributed by atoms with Crippen molar-refractivity contribution in [2.24, 2.45) is 5.92 Å². The fourth-order valence-corrected chi connectivity index (χ4v) is 4.03. The van der Waals surface area contributed by atoms with Crippen LogP contribution in [0.5, 0.6) is 0 Å². The first-order valence-electron chi connectivity index (χ1n) is 8.70. The predicted molar refractivity (Wildman–Crippen MR) is 86.7 cm³/mol. The smallest absolute Gasteiger partial charge is 0.313 e. The number of carbonyl (C=O) groups excluding carboxylic acids is 1. The van der Waals surface area contributed by atoms with Gasteiger partial charge in [0.25, 0.3) is 0 Å². The van der Waals surface area contributed by atoms with E-state index in [1.807, 2.05) is 6.07 Å². The summed E-state index contributed by atoms with van der Waals surface area (Å²) in [5, 5.41) is 2.35. The van der Waals surface area contributed by atoms with Crippen LogP contribution in [0.25, 0.3) is 0 Å². The van der Waals surface area contributed by atoms with Gasteiger partial charge in [0.15, 0.2) is 0 Å². The standard InChI is InChI=1S/C19H27NO2/c1-19(2,15-10-12-20-13-11-15)22-18(21)17-9-5-7-14-6-3-4-8-16(14)17/h3-4,6,8,15,17,20H,5,7,9-13H2,1-2H3/p+1. The summed E-state index contributed by atoms with van der Waals surface area (Å²) in [5.41, 5.74) is 2.16. The van der Waals surface area contributed by atoms with Crippen molar-refractivity contribution >= 4 is 5.97 Å². The average Bonchev–Trinajstić information content (AvgIpc) is 2.54. The number of benzene rings is 1. The summed E-state index contributed by atoms with van der Waals surface area (Å²) in [6.45, 7) is 6.49. The number of fused-ring (bicyclic) bond motifs is 1. The molecule has 1 aromatic carbocycles. The Hall–Kier alpha value is -1.35. The van der Waals surface area contributed by atoms with Gasteiger partial charge in [-0.1, -0.05) is 24.3 Å². The van der Waals surface area contributed by atoms with E-state index >= 15 is 0 Å². The van der Waals surface area contributed by atoms with Crippen molar-refractivity contribution in [3.63, 3.8) is 0 Å². The molecule has 1 heterocycles. The van der Waals surface area contributed by atoms with Crippen LogP contribution >= 0.6 is 0 Å². The molecule has 0 radical (unpaired) electrons. The van der Waals surface area contributed by atoms with Crippen LogP contribution in [0.3, 0.4) is 0 Å². The maximum atomic E-state index is 12.8. The molecule has 1 aliphatic heterocycles. The second-order valence-electron chi connectivity index (χ2n) is 7.31. The molecule has 3 nitrogen and oxygen atoms in total. The number of quaternary nitrogens is 1. The maximum Gasteiger partial charge on any atom is 0.313 e. The summed E-state index contributed by atoms with van der Waals surface area (Å²) in [6, 6.07) is 8.35. The van der Waals surface area contributed by atoms with E-state index in [4.69, 9.17) is 4.74 Å². The predicted octanol–water partition coefficient (Wildman–Crippen LogP) is 2.40. The summed E-state index contributed by atoms with van der Waals surface area (Å²) in [5.74, 6) is 0.395. The third-order valence-electron chi connectivity index (χ3n) is 5.44. The van der Waals surface area contributed by atoms with E-state index in [2.05, 4.69) is 37.4 Å². The number of carbonyl (C=O) groups is 1. The molecular weight excluding hydrogens is 274 g/mol. The molecule has 1 saturated heterocycles. The summed E-state index contributed by atoms with van der Waals surface area (Å²) < 4.78 is 6.02. The molecule has 1 aromatic rings. The molecule has 3 rings (SSSR count). The Labute approximate surface area is 133 Å². The molecule has 2 N–H and O–H groups in total. The van der Waals surface area contributed by atoms with Crippen LogP contribution in [0, 0.1) is 5.92 Å². The van der Waals surface area contributed by atoms with Gasteiger partial charge in [0, 0.05) is 18.8 Å². The number of hydrogen-bond donors (Lipinski definition) is 1. The molecule has 0 saturated carbocycles. The molecular formula is C19H28NO2+. The van der Waals surface area contributed by atoms with Gasteiger partial charge in [-0.2, -0.15) is 0 Å². The van der Waals surface area contributed by atoms with Gasteiger partial charge in [-0.25, -0.2) is 0 Å². The van der Waals surface area contributed by atoms with E-state index in [9.17, 15) is 4.79 Å². The van der Waals surface area contributed by atoms with Crippen molar-refractivity contribution < 1.29 is 14.8 Å². The lowest BCUT2D eigenvalue weighted by Crippen LogP contribution is -2.86. The Bertz CT molecular complexity index is 532. The molecule has 1 fully saturated rings. The molecule has 22 heavy (non-hydrogen) atoms. The highest BCUT2D eigenvalue weighted by atomic mass is 16.6. The SMILES string of the molecule is CC(C)(OC(=O)C1CCCc2ccccc21)C1CC[NH2+]CC1. The third-order valence-corrected chi connectivity index (χ3v) is 5.44. The van der Waals surface area contributed by atoms with E-state index in [1.54, 1.807) is 0 Å². The first-order chi connectivity index (χ1) is 10.6. The number of aryl methyl sites for hydroxylation is 1. The zero-order valence-electron chi connectivity index (χ0n) is 13.8. The Morgan fingerprint density at radius 2 is 1.91 bits per heavy atom. The van der Waals surface area contributed by atoms with Gasteiger partial charge in [-0.3, -0.25) is 4.79 Å². The number of piperidine rings is 1. The van der Waals surface area contributed by atoms with Crippen molar-refractivity contribution in [2.75, 3.05) is 13.1 Å².